The Bertz CT molecular complexity index is 1190. The van der Waals surface area contributed by atoms with Gasteiger partial charge in [0.2, 0.25) is 29.5 Å². The van der Waals surface area contributed by atoms with Crippen LogP contribution in [-0.4, -0.2) is 110 Å². The molecule has 0 unspecified atom stereocenters. The van der Waals surface area contributed by atoms with E-state index in [9.17, 15) is 54.0 Å². The second-order valence-corrected chi connectivity index (χ2v) is 10.3. The van der Waals surface area contributed by atoms with Crippen LogP contribution in [0.5, 0.6) is 5.75 Å². The van der Waals surface area contributed by atoms with Gasteiger partial charge in [0, 0.05) is 13.3 Å². The average molecular weight is 626 g/mol. The van der Waals surface area contributed by atoms with Crippen molar-refractivity contribution in [2.24, 2.45) is 5.92 Å². The van der Waals surface area contributed by atoms with Gasteiger partial charge in [0.25, 0.3) is 0 Å². The molecule has 244 valence electrons. The molecule has 0 heterocycles. The maximum absolute atomic E-state index is 13.1. The van der Waals surface area contributed by atoms with Gasteiger partial charge in [0.05, 0.1) is 19.1 Å². The van der Waals surface area contributed by atoms with Crippen LogP contribution in [0.15, 0.2) is 24.3 Å². The second-order valence-electron chi connectivity index (χ2n) is 10.3. The van der Waals surface area contributed by atoms with Crippen molar-refractivity contribution in [3.63, 3.8) is 0 Å². The molecule has 0 fully saturated rings. The highest BCUT2D eigenvalue weighted by atomic mass is 16.4. The lowest BCUT2D eigenvalue weighted by Crippen LogP contribution is -2.62. The van der Waals surface area contributed by atoms with Gasteiger partial charge in [-0.1, -0.05) is 26.0 Å². The predicted molar refractivity (Wildman–Crippen MR) is 151 cm³/mol. The van der Waals surface area contributed by atoms with Crippen molar-refractivity contribution in [3.8, 4) is 5.75 Å². The SMILES string of the molecule is CC(=O)N[C@@H](CC(=O)O)C(=O)N[C@H](C(=O)N[C@@H](CO)C(=O)N[C@@H](Cc1ccc(O)cc1)C(=O)N[C@H](C(=O)O)C(C)C)[C@@H](C)O. The van der Waals surface area contributed by atoms with E-state index in [-0.39, 0.29) is 12.2 Å². The van der Waals surface area contributed by atoms with Crippen LogP contribution in [0, 0.1) is 5.92 Å². The number of phenols is 1. The van der Waals surface area contributed by atoms with Crippen LogP contribution in [0.2, 0.25) is 0 Å². The zero-order valence-electron chi connectivity index (χ0n) is 24.6. The number of benzene rings is 1. The number of aliphatic hydroxyl groups is 2. The number of carboxylic acids is 2. The van der Waals surface area contributed by atoms with E-state index in [1.165, 1.54) is 24.3 Å². The van der Waals surface area contributed by atoms with Crippen LogP contribution in [0.25, 0.3) is 0 Å². The summed E-state index contributed by atoms with van der Waals surface area (Å²) < 4.78 is 0. The summed E-state index contributed by atoms with van der Waals surface area (Å²) in [6.07, 6.45) is -2.62. The number of carbonyl (C=O) groups excluding carboxylic acids is 5. The molecule has 0 aliphatic heterocycles. The number of amides is 5. The van der Waals surface area contributed by atoms with Gasteiger partial charge in [-0.15, -0.1) is 0 Å². The van der Waals surface area contributed by atoms with Gasteiger partial charge >= 0.3 is 11.9 Å². The van der Waals surface area contributed by atoms with Gasteiger partial charge in [-0.3, -0.25) is 28.8 Å². The van der Waals surface area contributed by atoms with Crippen molar-refractivity contribution >= 4 is 41.5 Å². The lowest BCUT2D eigenvalue weighted by atomic mass is 10.0. The second kappa shape index (κ2) is 17.4. The van der Waals surface area contributed by atoms with Gasteiger partial charge in [0.15, 0.2) is 0 Å². The first-order valence-electron chi connectivity index (χ1n) is 13.5. The standard InChI is InChI=1S/C27H39N5O12/c1-12(2)21(27(43)44)31-23(39)17(9-15-5-7-16(36)8-6-15)29-25(41)19(11-33)30-26(42)22(13(3)34)32-24(40)18(10-20(37)38)28-14(4)35/h5-8,12-13,17-19,21-22,33-34,36H,9-11H2,1-4H3,(H,28,35)(H,29,41)(H,30,42)(H,31,39)(H,32,40)(H,37,38)(H,43,44)/t13-,17+,18+,19+,21+,22+/m1/s1. The molecule has 1 rings (SSSR count). The minimum atomic E-state index is -1.77. The van der Waals surface area contributed by atoms with E-state index in [1.807, 2.05) is 0 Å². The molecular formula is C27H39N5O12. The molecule has 44 heavy (non-hydrogen) atoms. The number of hydrogen-bond acceptors (Lipinski definition) is 10. The summed E-state index contributed by atoms with van der Waals surface area (Å²) in [4.78, 5) is 85.9. The summed E-state index contributed by atoms with van der Waals surface area (Å²) in [5.41, 5.74) is 0.455. The van der Waals surface area contributed by atoms with Crippen molar-refractivity contribution in [1.29, 1.82) is 0 Å². The molecule has 17 heteroatoms. The smallest absolute Gasteiger partial charge is 0.326 e. The number of phenolic OH excluding ortho intramolecular Hbond substituents is 1. The maximum Gasteiger partial charge on any atom is 0.326 e. The third-order valence-electron chi connectivity index (χ3n) is 6.19. The molecule has 0 bridgehead atoms. The van der Waals surface area contributed by atoms with Crippen LogP contribution in [0.3, 0.4) is 0 Å². The Morgan fingerprint density at radius 3 is 1.66 bits per heavy atom. The molecule has 0 spiro atoms. The van der Waals surface area contributed by atoms with E-state index in [4.69, 9.17) is 5.11 Å². The Labute approximate surface area is 252 Å². The fourth-order valence-electron chi connectivity index (χ4n) is 3.86. The van der Waals surface area contributed by atoms with E-state index in [0.717, 1.165) is 13.8 Å². The molecule has 17 nitrogen and oxygen atoms in total. The lowest BCUT2D eigenvalue weighted by molar-refractivity contribution is -0.144. The predicted octanol–water partition coefficient (Wildman–Crippen LogP) is -3.03. The molecule has 0 aliphatic carbocycles. The highest BCUT2D eigenvalue weighted by molar-refractivity contribution is 5.97. The number of nitrogens with one attached hydrogen (secondary N) is 5. The maximum atomic E-state index is 13.1. The molecule has 0 radical (unpaired) electrons. The molecular weight excluding hydrogens is 586 g/mol. The van der Waals surface area contributed by atoms with Crippen LogP contribution in [-0.2, 0) is 40.0 Å². The zero-order valence-corrected chi connectivity index (χ0v) is 24.6. The third kappa shape index (κ3) is 12.2. The first-order chi connectivity index (χ1) is 20.5. The Balaban J connectivity index is 3.16. The molecule has 1 aromatic carbocycles. The lowest BCUT2D eigenvalue weighted by Gasteiger charge is -2.27. The Morgan fingerprint density at radius 1 is 0.705 bits per heavy atom. The Kier molecular flexibility index (Phi) is 14.7. The number of hydrogen-bond donors (Lipinski definition) is 10. The largest absolute Gasteiger partial charge is 0.508 e. The van der Waals surface area contributed by atoms with E-state index in [0.29, 0.717) is 5.56 Å². The van der Waals surface area contributed by atoms with Gasteiger partial charge in [-0.05, 0) is 30.5 Å². The minimum Gasteiger partial charge on any atom is -0.508 e. The molecule has 0 saturated heterocycles. The van der Waals surface area contributed by atoms with Crippen molar-refractivity contribution in [2.45, 2.75) is 76.8 Å². The first kappa shape index (κ1) is 37.3. The zero-order chi connectivity index (χ0) is 33.7. The highest BCUT2D eigenvalue weighted by Gasteiger charge is 2.34. The Hall–Kier alpha value is -4.77. The normalized spacial score (nSPS) is 15.0. The Morgan fingerprint density at radius 2 is 1.20 bits per heavy atom. The van der Waals surface area contributed by atoms with Crippen molar-refractivity contribution < 1.29 is 59.1 Å². The molecule has 6 atom stereocenters. The monoisotopic (exact) mass is 625 g/mol. The number of aromatic hydroxyl groups is 1. The fourth-order valence-corrected chi connectivity index (χ4v) is 3.86. The molecule has 5 amide bonds. The van der Waals surface area contributed by atoms with Crippen LogP contribution < -0.4 is 26.6 Å². The van der Waals surface area contributed by atoms with Gasteiger partial charge in [0.1, 0.15) is 36.0 Å². The number of aliphatic hydroxyl groups excluding tert-OH is 2. The van der Waals surface area contributed by atoms with Crippen LogP contribution >= 0.6 is 0 Å². The summed E-state index contributed by atoms with van der Waals surface area (Å²) >= 11 is 0. The molecule has 0 saturated carbocycles. The van der Waals surface area contributed by atoms with Crippen molar-refractivity contribution in [1.82, 2.24) is 26.6 Å². The molecule has 10 N–H and O–H groups in total. The van der Waals surface area contributed by atoms with Crippen molar-refractivity contribution in [2.75, 3.05) is 6.61 Å². The van der Waals surface area contributed by atoms with E-state index >= 15 is 0 Å². The van der Waals surface area contributed by atoms with Gasteiger partial charge in [-0.25, -0.2) is 4.79 Å². The van der Waals surface area contributed by atoms with Crippen LogP contribution in [0.4, 0.5) is 0 Å². The summed E-state index contributed by atoms with van der Waals surface area (Å²) in [5, 5.41) is 59.0. The number of aliphatic carboxylic acids is 2. The minimum absolute atomic E-state index is 0.0706. The van der Waals surface area contributed by atoms with Crippen LogP contribution in [0.1, 0.15) is 39.7 Å². The van der Waals surface area contributed by atoms with E-state index < -0.39 is 96.7 Å². The molecule has 1 aromatic rings. The summed E-state index contributed by atoms with van der Waals surface area (Å²) in [6, 6.07) is -2.27. The third-order valence-corrected chi connectivity index (χ3v) is 6.19. The van der Waals surface area contributed by atoms with E-state index in [2.05, 4.69) is 26.6 Å². The number of carboxylic acid groups (broad SMARTS) is 2. The quantitative estimate of drug-likeness (QED) is 0.0827. The topological polar surface area (TPSA) is 281 Å². The average Bonchev–Trinajstić information content (AvgIpc) is 2.92. The molecule has 0 aliphatic rings. The number of rotatable bonds is 17. The highest BCUT2D eigenvalue weighted by Crippen LogP contribution is 2.12. The van der Waals surface area contributed by atoms with E-state index in [1.54, 1.807) is 13.8 Å². The first-order valence-corrected chi connectivity index (χ1v) is 13.5. The van der Waals surface area contributed by atoms with Gasteiger partial charge in [-0.2, -0.15) is 0 Å². The fraction of sp³-hybridized carbons (Fsp3) is 0.519. The summed E-state index contributed by atoms with van der Waals surface area (Å²) in [5.74, 6) is -8.39. The van der Waals surface area contributed by atoms with Gasteiger partial charge < -0.3 is 52.1 Å². The molecule has 0 aromatic heterocycles. The summed E-state index contributed by atoms with van der Waals surface area (Å²) in [6.45, 7) is 4.24. The summed E-state index contributed by atoms with van der Waals surface area (Å²) in [7, 11) is 0. The number of carbonyl (C=O) groups is 7. The van der Waals surface area contributed by atoms with Crippen molar-refractivity contribution in [3.05, 3.63) is 29.8 Å².